The molecule has 0 amide bonds. The smallest absolute Gasteiger partial charge is 0.0591 e. The molecule has 0 saturated heterocycles. The summed E-state index contributed by atoms with van der Waals surface area (Å²) in [5.74, 6) is 0. The van der Waals surface area contributed by atoms with Crippen molar-refractivity contribution in [3.63, 3.8) is 0 Å². The minimum atomic E-state index is 0.445. The van der Waals surface area contributed by atoms with Crippen molar-refractivity contribution in [2.45, 2.75) is 26.3 Å². The normalized spacial score (nSPS) is 13.0. The summed E-state index contributed by atoms with van der Waals surface area (Å²) in [6.07, 6.45) is 1.10. The summed E-state index contributed by atoms with van der Waals surface area (Å²) in [4.78, 5) is 1.39. The number of hydrogen-bond acceptors (Lipinski definition) is 3. The van der Waals surface area contributed by atoms with E-state index in [1.807, 2.05) is 0 Å². The lowest BCUT2D eigenvalue weighted by Crippen LogP contribution is -2.22. The highest BCUT2D eigenvalue weighted by atomic mass is 32.1. The fraction of sp³-hybridized carbons (Fsp3) is 0.636. The van der Waals surface area contributed by atoms with Crippen molar-refractivity contribution in [1.82, 2.24) is 5.32 Å². The Labute approximate surface area is 90.3 Å². The minimum absolute atomic E-state index is 0.445. The van der Waals surface area contributed by atoms with Crippen molar-refractivity contribution in [2.24, 2.45) is 0 Å². The molecule has 1 heterocycles. The molecule has 0 radical (unpaired) electrons. The zero-order valence-electron chi connectivity index (χ0n) is 8.95. The van der Waals surface area contributed by atoms with Crippen LogP contribution < -0.4 is 5.32 Å². The average molecular weight is 213 g/mol. The number of hydrogen-bond donors (Lipinski definition) is 1. The van der Waals surface area contributed by atoms with Crippen molar-refractivity contribution < 1.29 is 4.74 Å². The van der Waals surface area contributed by atoms with E-state index in [-0.39, 0.29) is 0 Å². The maximum atomic E-state index is 5.39. The topological polar surface area (TPSA) is 21.3 Å². The molecule has 2 nitrogen and oxygen atoms in total. The molecule has 3 heteroatoms. The Balaban J connectivity index is 2.07. The van der Waals surface area contributed by atoms with Gasteiger partial charge >= 0.3 is 0 Å². The van der Waals surface area contributed by atoms with E-state index < -0.39 is 0 Å². The third-order valence-corrected chi connectivity index (χ3v) is 3.07. The first-order valence-electron chi connectivity index (χ1n) is 5.19. The highest BCUT2D eigenvalue weighted by Gasteiger charge is 2.03. The van der Waals surface area contributed by atoms with E-state index in [0.717, 1.165) is 26.2 Å². The third-order valence-electron chi connectivity index (χ3n) is 2.02. The van der Waals surface area contributed by atoms with Gasteiger partial charge in [-0.15, -0.1) is 11.3 Å². The van der Waals surface area contributed by atoms with E-state index in [9.17, 15) is 0 Å². The molecule has 0 aliphatic heterocycles. The van der Waals surface area contributed by atoms with Crippen LogP contribution in [0.1, 0.15) is 31.2 Å². The maximum Gasteiger partial charge on any atom is 0.0591 e. The van der Waals surface area contributed by atoms with E-state index in [0.29, 0.717) is 6.04 Å². The molecule has 80 valence electrons. The first-order valence-corrected chi connectivity index (χ1v) is 6.07. The molecule has 1 aromatic rings. The second-order valence-electron chi connectivity index (χ2n) is 3.30. The fourth-order valence-electron chi connectivity index (χ4n) is 1.23. The first-order chi connectivity index (χ1) is 6.84. The highest BCUT2D eigenvalue weighted by Crippen LogP contribution is 2.17. The van der Waals surface area contributed by atoms with Gasteiger partial charge in [-0.3, -0.25) is 0 Å². The van der Waals surface area contributed by atoms with Crippen LogP contribution in [0.3, 0.4) is 0 Å². The van der Waals surface area contributed by atoms with Crippen molar-refractivity contribution >= 4 is 11.3 Å². The molecule has 0 aliphatic rings. The second-order valence-corrected chi connectivity index (χ2v) is 4.28. The molecule has 1 rings (SSSR count). The Morgan fingerprint density at radius 2 is 2.36 bits per heavy atom. The predicted molar refractivity (Wildman–Crippen MR) is 61.8 cm³/mol. The molecule has 1 atom stereocenters. The Morgan fingerprint density at radius 1 is 1.50 bits per heavy atom. The van der Waals surface area contributed by atoms with Crippen LogP contribution in [-0.2, 0) is 4.74 Å². The van der Waals surface area contributed by atoms with Crippen molar-refractivity contribution in [3.8, 4) is 0 Å². The fourth-order valence-corrected chi connectivity index (χ4v) is 1.99. The molecular weight excluding hydrogens is 194 g/mol. The summed E-state index contributed by atoms with van der Waals surface area (Å²) in [7, 11) is 0. The molecule has 0 bridgehead atoms. The van der Waals surface area contributed by atoms with Crippen molar-refractivity contribution in [3.05, 3.63) is 22.4 Å². The molecule has 14 heavy (non-hydrogen) atoms. The molecule has 1 aromatic heterocycles. The molecule has 0 aliphatic carbocycles. The Hall–Kier alpha value is -0.380. The van der Waals surface area contributed by atoms with Crippen LogP contribution in [0.15, 0.2) is 17.5 Å². The van der Waals surface area contributed by atoms with E-state index in [4.69, 9.17) is 4.74 Å². The zero-order chi connectivity index (χ0) is 10.2. The van der Waals surface area contributed by atoms with E-state index in [1.165, 1.54) is 4.88 Å². The molecule has 0 unspecified atom stereocenters. The SMILES string of the molecule is CCCOCCN[C@H](C)c1cccs1. The molecule has 1 N–H and O–H groups in total. The first kappa shape index (κ1) is 11.7. The lowest BCUT2D eigenvalue weighted by Gasteiger charge is -2.11. The van der Waals surface area contributed by atoms with Gasteiger partial charge in [-0.1, -0.05) is 13.0 Å². The number of nitrogens with one attached hydrogen (secondary N) is 1. The minimum Gasteiger partial charge on any atom is -0.380 e. The van der Waals surface area contributed by atoms with E-state index >= 15 is 0 Å². The lowest BCUT2D eigenvalue weighted by molar-refractivity contribution is 0.135. The summed E-state index contributed by atoms with van der Waals surface area (Å²) < 4.78 is 5.39. The number of rotatable bonds is 7. The molecule has 0 saturated carbocycles. The second kappa shape index (κ2) is 6.98. The van der Waals surface area contributed by atoms with Gasteiger partial charge in [0, 0.05) is 24.1 Å². The van der Waals surface area contributed by atoms with Gasteiger partial charge in [-0.05, 0) is 24.8 Å². The maximum absolute atomic E-state index is 5.39. The number of thiophene rings is 1. The monoisotopic (exact) mass is 213 g/mol. The Morgan fingerprint density at radius 3 is 3.00 bits per heavy atom. The summed E-state index contributed by atoms with van der Waals surface area (Å²) in [5, 5.41) is 5.54. The third kappa shape index (κ3) is 4.22. The Bertz CT molecular complexity index is 223. The van der Waals surface area contributed by atoms with Crippen LogP contribution in [-0.4, -0.2) is 19.8 Å². The van der Waals surface area contributed by atoms with Crippen LogP contribution in [0.4, 0.5) is 0 Å². The van der Waals surface area contributed by atoms with E-state index in [2.05, 4.69) is 36.7 Å². The lowest BCUT2D eigenvalue weighted by atomic mass is 10.3. The summed E-state index contributed by atoms with van der Waals surface area (Å²) in [6, 6.07) is 4.70. The summed E-state index contributed by atoms with van der Waals surface area (Å²) in [5.41, 5.74) is 0. The van der Waals surface area contributed by atoms with Crippen LogP contribution in [0.5, 0.6) is 0 Å². The average Bonchev–Trinajstić information content (AvgIpc) is 2.70. The van der Waals surface area contributed by atoms with Gasteiger partial charge in [0.05, 0.1) is 6.61 Å². The molecular formula is C11H19NOS. The summed E-state index contributed by atoms with van der Waals surface area (Å²) in [6.45, 7) is 6.92. The van der Waals surface area contributed by atoms with Gasteiger partial charge in [0.2, 0.25) is 0 Å². The van der Waals surface area contributed by atoms with Crippen LogP contribution in [0.2, 0.25) is 0 Å². The quantitative estimate of drug-likeness (QED) is 0.703. The van der Waals surface area contributed by atoms with Gasteiger partial charge < -0.3 is 10.1 Å². The van der Waals surface area contributed by atoms with Gasteiger partial charge in [0.15, 0.2) is 0 Å². The van der Waals surface area contributed by atoms with Gasteiger partial charge in [0.1, 0.15) is 0 Å². The highest BCUT2D eigenvalue weighted by molar-refractivity contribution is 7.10. The zero-order valence-corrected chi connectivity index (χ0v) is 9.77. The van der Waals surface area contributed by atoms with Gasteiger partial charge in [-0.2, -0.15) is 0 Å². The van der Waals surface area contributed by atoms with E-state index in [1.54, 1.807) is 11.3 Å². The summed E-state index contributed by atoms with van der Waals surface area (Å²) >= 11 is 1.80. The van der Waals surface area contributed by atoms with Crippen molar-refractivity contribution in [2.75, 3.05) is 19.8 Å². The largest absolute Gasteiger partial charge is 0.380 e. The predicted octanol–water partition coefficient (Wildman–Crippen LogP) is 2.83. The molecule has 0 aromatic carbocycles. The van der Waals surface area contributed by atoms with Crippen LogP contribution >= 0.6 is 11.3 Å². The molecule has 0 fully saturated rings. The Kier molecular flexibility index (Phi) is 5.83. The van der Waals surface area contributed by atoms with Gasteiger partial charge in [-0.25, -0.2) is 0 Å². The molecule has 0 spiro atoms. The standard InChI is InChI=1S/C11H19NOS/c1-3-7-13-8-6-12-10(2)11-5-4-9-14-11/h4-5,9-10,12H,3,6-8H2,1-2H3/t10-/m1/s1. The van der Waals surface area contributed by atoms with Crippen molar-refractivity contribution in [1.29, 1.82) is 0 Å². The van der Waals surface area contributed by atoms with Gasteiger partial charge in [0.25, 0.3) is 0 Å². The number of ether oxygens (including phenoxy) is 1. The van der Waals surface area contributed by atoms with Crippen LogP contribution in [0, 0.1) is 0 Å². The van der Waals surface area contributed by atoms with Crippen LogP contribution in [0.25, 0.3) is 0 Å².